The average molecular weight is 306 g/mol. The lowest BCUT2D eigenvalue weighted by molar-refractivity contribution is -0.139. The summed E-state index contributed by atoms with van der Waals surface area (Å²) in [6, 6.07) is 1.73. The van der Waals surface area contributed by atoms with Gasteiger partial charge in [0.2, 0.25) is 11.8 Å². The lowest BCUT2D eigenvalue weighted by Gasteiger charge is -2.37. The molecule has 6 nitrogen and oxygen atoms in total. The van der Waals surface area contributed by atoms with E-state index in [1.54, 1.807) is 6.92 Å². The van der Waals surface area contributed by atoms with Crippen LogP contribution in [0.5, 0.6) is 0 Å². The first-order valence-electron chi connectivity index (χ1n) is 7.97. The fourth-order valence-corrected chi connectivity index (χ4v) is 3.16. The second kappa shape index (κ2) is 6.94. The normalized spacial score (nSPS) is 19.8. The van der Waals surface area contributed by atoms with Gasteiger partial charge in [0.1, 0.15) is 6.04 Å². The van der Waals surface area contributed by atoms with Crippen molar-refractivity contribution in [1.82, 2.24) is 20.0 Å². The van der Waals surface area contributed by atoms with Crippen molar-refractivity contribution in [3.05, 3.63) is 17.5 Å². The van der Waals surface area contributed by atoms with Gasteiger partial charge in [0.05, 0.1) is 18.3 Å². The number of aromatic nitrogens is 2. The minimum atomic E-state index is -0.474. The summed E-state index contributed by atoms with van der Waals surface area (Å²) in [5.41, 5.74) is 2.11. The average Bonchev–Trinajstić information content (AvgIpc) is 2.76. The molecule has 1 saturated heterocycles. The third kappa shape index (κ3) is 3.87. The summed E-state index contributed by atoms with van der Waals surface area (Å²) in [7, 11) is 0. The van der Waals surface area contributed by atoms with Gasteiger partial charge in [-0.15, -0.1) is 0 Å². The van der Waals surface area contributed by atoms with Crippen LogP contribution in [-0.4, -0.2) is 45.1 Å². The number of hydrogen-bond donors (Lipinski definition) is 1. The van der Waals surface area contributed by atoms with Crippen molar-refractivity contribution < 1.29 is 9.59 Å². The van der Waals surface area contributed by atoms with Gasteiger partial charge in [0.15, 0.2) is 0 Å². The quantitative estimate of drug-likeness (QED) is 0.914. The fraction of sp³-hybridized carbons (Fsp3) is 0.688. The highest BCUT2D eigenvalue weighted by Crippen LogP contribution is 2.20. The first-order chi connectivity index (χ1) is 10.4. The number of carbonyl (C=O) groups excluding carboxylic acids is 2. The number of likely N-dealkylation sites (tertiary alicyclic amines) is 1. The molecule has 2 unspecified atom stereocenters. The first-order valence-corrected chi connectivity index (χ1v) is 7.97. The molecule has 122 valence electrons. The number of amides is 2. The fourth-order valence-electron chi connectivity index (χ4n) is 3.16. The lowest BCUT2D eigenvalue weighted by Crippen LogP contribution is -2.53. The van der Waals surface area contributed by atoms with E-state index in [1.807, 2.05) is 23.4 Å². The molecule has 1 N–H and O–H groups in total. The summed E-state index contributed by atoms with van der Waals surface area (Å²) in [6.45, 7) is 8.68. The van der Waals surface area contributed by atoms with Gasteiger partial charge >= 0.3 is 0 Å². The van der Waals surface area contributed by atoms with Crippen LogP contribution in [0, 0.1) is 13.8 Å². The molecule has 0 aliphatic carbocycles. The molecule has 1 fully saturated rings. The Labute approximate surface area is 131 Å². The Morgan fingerprint density at radius 2 is 2.14 bits per heavy atom. The minimum absolute atomic E-state index is 0.00133. The number of rotatable bonds is 4. The summed E-state index contributed by atoms with van der Waals surface area (Å²) >= 11 is 0. The van der Waals surface area contributed by atoms with Crippen molar-refractivity contribution in [3.63, 3.8) is 0 Å². The van der Waals surface area contributed by atoms with Crippen molar-refractivity contribution >= 4 is 11.8 Å². The number of nitrogens with zero attached hydrogens (tertiary/aromatic N) is 3. The maximum Gasteiger partial charge on any atom is 0.245 e. The van der Waals surface area contributed by atoms with E-state index in [0.717, 1.165) is 43.7 Å². The van der Waals surface area contributed by atoms with Crippen molar-refractivity contribution in [2.75, 3.05) is 6.54 Å². The van der Waals surface area contributed by atoms with Crippen molar-refractivity contribution in [1.29, 1.82) is 0 Å². The Balaban J connectivity index is 2.09. The van der Waals surface area contributed by atoms with Crippen LogP contribution in [0.3, 0.4) is 0 Å². The standard InChI is InChI=1S/C16H26N4O2/c1-11-9-12(2)20(18-11)10-15-7-5-6-8-19(15)16(22)13(3)17-14(4)21/h9,13,15H,5-8,10H2,1-4H3,(H,17,21). The molecular weight excluding hydrogens is 280 g/mol. The summed E-state index contributed by atoms with van der Waals surface area (Å²) < 4.78 is 1.98. The predicted molar refractivity (Wildman–Crippen MR) is 84.3 cm³/mol. The van der Waals surface area contributed by atoms with E-state index in [4.69, 9.17) is 0 Å². The number of piperidine rings is 1. The van der Waals surface area contributed by atoms with Crippen LogP contribution in [0.1, 0.15) is 44.5 Å². The molecular formula is C16H26N4O2. The minimum Gasteiger partial charge on any atom is -0.345 e. The Bertz CT molecular complexity index is 552. The van der Waals surface area contributed by atoms with Gasteiger partial charge in [0, 0.05) is 19.2 Å². The second-order valence-electron chi connectivity index (χ2n) is 6.21. The SMILES string of the molecule is CC(=O)NC(C)C(=O)N1CCCCC1Cn1nc(C)cc1C. The van der Waals surface area contributed by atoms with Crippen LogP contribution in [0.15, 0.2) is 6.07 Å². The monoisotopic (exact) mass is 306 g/mol. The number of aryl methyl sites for hydroxylation is 2. The Hall–Kier alpha value is -1.85. The van der Waals surface area contributed by atoms with E-state index in [-0.39, 0.29) is 17.9 Å². The van der Waals surface area contributed by atoms with Gasteiger partial charge in [-0.25, -0.2) is 0 Å². The molecule has 2 heterocycles. The van der Waals surface area contributed by atoms with Crippen LogP contribution in [0.4, 0.5) is 0 Å². The molecule has 2 amide bonds. The third-order valence-corrected chi connectivity index (χ3v) is 4.19. The zero-order valence-electron chi connectivity index (χ0n) is 13.9. The number of nitrogens with one attached hydrogen (secondary N) is 1. The zero-order valence-corrected chi connectivity index (χ0v) is 13.9. The topological polar surface area (TPSA) is 67.2 Å². The van der Waals surface area contributed by atoms with Gasteiger partial charge in [-0.05, 0) is 46.1 Å². The van der Waals surface area contributed by atoms with Gasteiger partial charge < -0.3 is 10.2 Å². The van der Waals surface area contributed by atoms with Crippen LogP contribution >= 0.6 is 0 Å². The highest BCUT2D eigenvalue weighted by atomic mass is 16.2. The summed E-state index contributed by atoms with van der Waals surface area (Å²) in [6.07, 6.45) is 3.13. The van der Waals surface area contributed by atoms with E-state index >= 15 is 0 Å². The maximum absolute atomic E-state index is 12.6. The lowest BCUT2D eigenvalue weighted by atomic mass is 10.0. The van der Waals surface area contributed by atoms with Gasteiger partial charge in [0.25, 0.3) is 0 Å². The highest BCUT2D eigenvalue weighted by Gasteiger charge is 2.30. The Morgan fingerprint density at radius 1 is 1.41 bits per heavy atom. The van der Waals surface area contributed by atoms with E-state index < -0.39 is 6.04 Å². The smallest absolute Gasteiger partial charge is 0.245 e. The molecule has 0 aromatic carbocycles. The Morgan fingerprint density at radius 3 is 2.73 bits per heavy atom. The highest BCUT2D eigenvalue weighted by molar-refractivity contribution is 5.86. The molecule has 2 rings (SSSR count). The van der Waals surface area contributed by atoms with Crippen molar-refractivity contribution in [3.8, 4) is 0 Å². The molecule has 1 aliphatic rings. The van der Waals surface area contributed by atoms with E-state index in [1.165, 1.54) is 6.92 Å². The van der Waals surface area contributed by atoms with Gasteiger partial charge in [-0.3, -0.25) is 14.3 Å². The first kappa shape index (κ1) is 16.5. The molecule has 6 heteroatoms. The van der Waals surface area contributed by atoms with Crippen molar-refractivity contribution in [2.45, 2.75) is 65.6 Å². The zero-order chi connectivity index (χ0) is 16.3. The molecule has 1 aromatic heterocycles. The largest absolute Gasteiger partial charge is 0.345 e. The van der Waals surface area contributed by atoms with E-state index in [2.05, 4.69) is 16.5 Å². The molecule has 22 heavy (non-hydrogen) atoms. The molecule has 0 saturated carbocycles. The van der Waals surface area contributed by atoms with Crippen LogP contribution in [-0.2, 0) is 16.1 Å². The third-order valence-electron chi connectivity index (χ3n) is 4.19. The summed E-state index contributed by atoms with van der Waals surface area (Å²) in [5.74, 6) is -0.172. The second-order valence-corrected chi connectivity index (χ2v) is 6.21. The van der Waals surface area contributed by atoms with Crippen molar-refractivity contribution in [2.24, 2.45) is 0 Å². The number of hydrogen-bond acceptors (Lipinski definition) is 3. The van der Waals surface area contributed by atoms with Gasteiger partial charge in [-0.2, -0.15) is 5.10 Å². The molecule has 0 spiro atoms. The van der Waals surface area contributed by atoms with Gasteiger partial charge in [-0.1, -0.05) is 0 Å². The molecule has 0 radical (unpaired) electrons. The number of carbonyl (C=O) groups is 2. The molecule has 0 bridgehead atoms. The molecule has 2 atom stereocenters. The molecule has 1 aliphatic heterocycles. The van der Waals surface area contributed by atoms with Crippen LogP contribution in [0.25, 0.3) is 0 Å². The molecule has 1 aromatic rings. The predicted octanol–water partition coefficient (Wildman–Crippen LogP) is 1.41. The summed E-state index contributed by atoms with van der Waals surface area (Å²) in [4.78, 5) is 25.7. The summed E-state index contributed by atoms with van der Waals surface area (Å²) in [5, 5.41) is 7.19. The Kier molecular flexibility index (Phi) is 5.21. The van der Waals surface area contributed by atoms with E-state index in [9.17, 15) is 9.59 Å². The van der Waals surface area contributed by atoms with Crippen LogP contribution in [0.2, 0.25) is 0 Å². The van der Waals surface area contributed by atoms with E-state index in [0.29, 0.717) is 0 Å². The van der Waals surface area contributed by atoms with Crippen LogP contribution < -0.4 is 5.32 Å². The maximum atomic E-state index is 12.6.